The molecule has 2 heterocycles. The number of hydrogen-bond acceptors (Lipinski definition) is 5. The van der Waals surface area contributed by atoms with Crippen molar-refractivity contribution in [3.8, 4) is 0 Å². The number of thiophene rings is 1. The summed E-state index contributed by atoms with van der Waals surface area (Å²) in [5, 5.41) is 8.56. The van der Waals surface area contributed by atoms with Crippen LogP contribution in [0, 0.1) is 0 Å². The summed E-state index contributed by atoms with van der Waals surface area (Å²) in [5.41, 5.74) is 1.51. The molecule has 5 heteroatoms. The summed E-state index contributed by atoms with van der Waals surface area (Å²) in [4.78, 5) is 11.7. The number of fused-ring (bicyclic) bond motifs is 3. The summed E-state index contributed by atoms with van der Waals surface area (Å²) < 4.78 is 0. The Bertz CT molecular complexity index is 660. The fraction of sp³-hybridized carbons (Fsp3) is 0.667. The number of aromatic nitrogens is 2. The molecule has 0 radical (unpaired) electrons. The Kier molecular flexibility index (Phi) is 4.76. The fourth-order valence-corrected chi connectivity index (χ4v) is 5.20. The zero-order chi connectivity index (χ0) is 15.5. The zero-order valence-corrected chi connectivity index (χ0v) is 14.6. The maximum absolute atomic E-state index is 4.51. The molecular weight excluding hydrogens is 304 g/mol. The third-order valence-corrected chi connectivity index (χ3v) is 6.39. The minimum absolute atomic E-state index is 0.759. The first-order valence-corrected chi connectivity index (χ1v) is 9.96. The SMILES string of the molecule is c1nc(NCCCNC2CCCCC2)c2c3c(sc2n1)CCC3. The summed E-state index contributed by atoms with van der Waals surface area (Å²) in [6, 6.07) is 0.759. The Morgan fingerprint density at radius 1 is 1.04 bits per heavy atom. The van der Waals surface area contributed by atoms with Crippen molar-refractivity contribution in [2.24, 2.45) is 0 Å². The van der Waals surface area contributed by atoms with Gasteiger partial charge in [0.2, 0.25) is 0 Å². The molecule has 1 fully saturated rings. The summed E-state index contributed by atoms with van der Waals surface area (Å²) >= 11 is 1.86. The highest BCUT2D eigenvalue weighted by atomic mass is 32.1. The van der Waals surface area contributed by atoms with Crippen molar-refractivity contribution in [2.45, 2.75) is 63.8 Å². The van der Waals surface area contributed by atoms with Gasteiger partial charge in [0, 0.05) is 17.5 Å². The van der Waals surface area contributed by atoms with Crippen LogP contribution in [0.3, 0.4) is 0 Å². The predicted octanol–water partition coefficient (Wildman–Crippen LogP) is 3.90. The van der Waals surface area contributed by atoms with E-state index in [1.807, 2.05) is 11.3 Å². The second kappa shape index (κ2) is 7.14. The lowest BCUT2D eigenvalue weighted by Gasteiger charge is -2.22. The smallest absolute Gasteiger partial charge is 0.138 e. The fourth-order valence-electron chi connectivity index (χ4n) is 3.97. The highest BCUT2D eigenvalue weighted by Gasteiger charge is 2.20. The van der Waals surface area contributed by atoms with Crippen LogP contribution in [0.5, 0.6) is 0 Å². The number of nitrogens with zero attached hydrogens (tertiary/aromatic N) is 2. The van der Waals surface area contributed by atoms with Gasteiger partial charge in [-0.15, -0.1) is 11.3 Å². The molecule has 0 aromatic carbocycles. The van der Waals surface area contributed by atoms with Crippen LogP contribution in [0.2, 0.25) is 0 Å². The summed E-state index contributed by atoms with van der Waals surface area (Å²) in [5.74, 6) is 1.05. The highest BCUT2D eigenvalue weighted by molar-refractivity contribution is 7.19. The van der Waals surface area contributed by atoms with Crippen LogP contribution in [0.1, 0.15) is 55.4 Å². The Morgan fingerprint density at radius 2 is 1.96 bits per heavy atom. The van der Waals surface area contributed by atoms with Gasteiger partial charge in [-0.3, -0.25) is 0 Å². The van der Waals surface area contributed by atoms with E-state index in [2.05, 4.69) is 20.6 Å². The van der Waals surface area contributed by atoms with Gasteiger partial charge in [0.25, 0.3) is 0 Å². The molecule has 4 nitrogen and oxygen atoms in total. The second-order valence-corrected chi connectivity index (χ2v) is 7.91. The van der Waals surface area contributed by atoms with Crippen LogP contribution in [-0.2, 0) is 12.8 Å². The monoisotopic (exact) mass is 330 g/mol. The van der Waals surface area contributed by atoms with Crippen LogP contribution in [0.4, 0.5) is 5.82 Å². The van der Waals surface area contributed by atoms with E-state index in [0.29, 0.717) is 0 Å². The Labute approximate surface area is 142 Å². The average molecular weight is 331 g/mol. The van der Waals surface area contributed by atoms with E-state index in [1.54, 1.807) is 6.33 Å². The molecule has 0 aliphatic heterocycles. The van der Waals surface area contributed by atoms with Gasteiger partial charge in [-0.2, -0.15) is 0 Å². The van der Waals surface area contributed by atoms with Crippen LogP contribution in [0.15, 0.2) is 6.33 Å². The molecule has 0 unspecified atom stereocenters. The molecule has 4 rings (SSSR count). The molecular formula is C18H26N4S. The van der Waals surface area contributed by atoms with Crippen LogP contribution in [-0.4, -0.2) is 29.1 Å². The summed E-state index contributed by atoms with van der Waals surface area (Å²) in [7, 11) is 0. The van der Waals surface area contributed by atoms with Crippen molar-refractivity contribution in [1.29, 1.82) is 0 Å². The number of aryl methyl sites for hydroxylation is 2. The van der Waals surface area contributed by atoms with E-state index in [4.69, 9.17) is 0 Å². The molecule has 2 aliphatic rings. The van der Waals surface area contributed by atoms with E-state index >= 15 is 0 Å². The first-order chi connectivity index (χ1) is 11.4. The van der Waals surface area contributed by atoms with Gasteiger partial charge in [-0.1, -0.05) is 19.3 Å². The normalized spacial score (nSPS) is 18.4. The van der Waals surface area contributed by atoms with E-state index in [1.165, 1.54) is 67.2 Å². The molecule has 2 aromatic heterocycles. The molecule has 1 saturated carbocycles. The van der Waals surface area contributed by atoms with Gasteiger partial charge < -0.3 is 10.6 Å². The zero-order valence-electron chi connectivity index (χ0n) is 13.7. The van der Waals surface area contributed by atoms with Gasteiger partial charge in [0.05, 0.1) is 5.39 Å². The molecule has 0 amide bonds. The predicted molar refractivity (Wildman–Crippen MR) is 97.4 cm³/mol. The molecule has 0 atom stereocenters. The first-order valence-electron chi connectivity index (χ1n) is 9.14. The molecule has 2 N–H and O–H groups in total. The quantitative estimate of drug-likeness (QED) is 0.789. The van der Waals surface area contributed by atoms with Crippen molar-refractivity contribution in [3.05, 3.63) is 16.8 Å². The first kappa shape index (κ1) is 15.3. The number of rotatable bonds is 6. The van der Waals surface area contributed by atoms with Gasteiger partial charge in [0.1, 0.15) is 17.0 Å². The molecule has 2 aliphatic carbocycles. The van der Waals surface area contributed by atoms with Gasteiger partial charge >= 0.3 is 0 Å². The van der Waals surface area contributed by atoms with E-state index < -0.39 is 0 Å². The van der Waals surface area contributed by atoms with Crippen molar-refractivity contribution < 1.29 is 0 Å². The maximum Gasteiger partial charge on any atom is 0.138 e. The third-order valence-electron chi connectivity index (χ3n) is 5.19. The Morgan fingerprint density at radius 3 is 2.87 bits per heavy atom. The lowest BCUT2D eigenvalue weighted by Crippen LogP contribution is -2.32. The minimum atomic E-state index is 0.759. The van der Waals surface area contributed by atoms with E-state index in [-0.39, 0.29) is 0 Å². The number of anilines is 1. The van der Waals surface area contributed by atoms with Crippen molar-refractivity contribution >= 4 is 27.4 Å². The molecule has 0 saturated heterocycles. The van der Waals surface area contributed by atoms with Crippen LogP contribution >= 0.6 is 11.3 Å². The second-order valence-electron chi connectivity index (χ2n) is 6.83. The van der Waals surface area contributed by atoms with Crippen LogP contribution in [0.25, 0.3) is 10.2 Å². The maximum atomic E-state index is 4.51. The lowest BCUT2D eigenvalue weighted by molar-refractivity contribution is 0.373. The number of nitrogens with one attached hydrogen (secondary N) is 2. The Hall–Kier alpha value is -1.20. The molecule has 124 valence electrons. The highest BCUT2D eigenvalue weighted by Crippen LogP contribution is 2.38. The third kappa shape index (κ3) is 3.36. The van der Waals surface area contributed by atoms with Crippen molar-refractivity contribution in [1.82, 2.24) is 15.3 Å². The minimum Gasteiger partial charge on any atom is -0.369 e. The van der Waals surface area contributed by atoms with E-state index in [9.17, 15) is 0 Å². The van der Waals surface area contributed by atoms with Gasteiger partial charge in [-0.25, -0.2) is 9.97 Å². The average Bonchev–Trinajstić information content (AvgIpc) is 3.16. The molecule has 0 spiro atoms. The Balaban J connectivity index is 1.31. The molecule has 2 aromatic rings. The van der Waals surface area contributed by atoms with Crippen molar-refractivity contribution in [2.75, 3.05) is 18.4 Å². The molecule has 0 bridgehead atoms. The van der Waals surface area contributed by atoms with Crippen molar-refractivity contribution in [3.63, 3.8) is 0 Å². The summed E-state index contributed by atoms with van der Waals surface area (Å²) in [6.07, 6.45) is 13.5. The largest absolute Gasteiger partial charge is 0.369 e. The molecule has 23 heavy (non-hydrogen) atoms. The summed E-state index contributed by atoms with van der Waals surface area (Å²) in [6.45, 7) is 2.09. The van der Waals surface area contributed by atoms with E-state index in [0.717, 1.165) is 36.2 Å². The van der Waals surface area contributed by atoms with Gasteiger partial charge in [-0.05, 0) is 50.6 Å². The van der Waals surface area contributed by atoms with Crippen LogP contribution < -0.4 is 10.6 Å². The standard InChI is InChI=1S/C18H26N4S/c1-2-6-13(7-3-1)19-10-5-11-20-17-16-14-8-4-9-15(14)23-18(16)22-12-21-17/h12-13,19H,1-11H2,(H,20,21,22). The number of hydrogen-bond donors (Lipinski definition) is 2. The lowest BCUT2D eigenvalue weighted by atomic mass is 9.95. The topological polar surface area (TPSA) is 49.8 Å². The van der Waals surface area contributed by atoms with Gasteiger partial charge in [0.15, 0.2) is 0 Å².